The lowest BCUT2D eigenvalue weighted by Gasteiger charge is -2.10. The highest BCUT2D eigenvalue weighted by atomic mass is 14.3. The molecule has 1 rings (SSSR count). The Labute approximate surface area is 96.4 Å². The van der Waals surface area contributed by atoms with Crippen molar-refractivity contribution in [2.24, 2.45) is 5.92 Å². The second kappa shape index (κ2) is 5.73. The van der Waals surface area contributed by atoms with Gasteiger partial charge in [0.25, 0.3) is 0 Å². The normalized spacial score (nSPS) is 9.31. The summed E-state index contributed by atoms with van der Waals surface area (Å²) in [6.07, 6.45) is 0.750. The molecule has 0 bridgehead atoms. The fourth-order valence-corrected chi connectivity index (χ4v) is 1.57. The molecular weight excluding hydrogens is 196 g/mol. The minimum atomic E-state index is 0.222. The van der Waals surface area contributed by atoms with Crippen LogP contribution < -0.4 is 0 Å². The highest BCUT2D eigenvalue weighted by Gasteiger charge is 2.10. The molecule has 0 amide bonds. The predicted molar refractivity (Wildman–Crippen MR) is 64.0 cm³/mol. The smallest absolute Gasteiger partial charge is 0.133 e. The lowest BCUT2D eigenvalue weighted by atomic mass is 9.93. The van der Waals surface area contributed by atoms with E-state index in [9.17, 15) is 0 Å². The van der Waals surface area contributed by atoms with E-state index in [-0.39, 0.29) is 5.57 Å². The van der Waals surface area contributed by atoms with Crippen molar-refractivity contribution in [3.63, 3.8) is 0 Å². The van der Waals surface area contributed by atoms with E-state index in [2.05, 4.69) is 13.8 Å². The maximum Gasteiger partial charge on any atom is 0.133 e. The number of hydrogen-bond donors (Lipinski definition) is 0. The largest absolute Gasteiger partial charge is 0.192 e. The highest BCUT2D eigenvalue weighted by Crippen LogP contribution is 2.25. The highest BCUT2D eigenvalue weighted by molar-refractivity contribution is 5.75. The van der Waals surface area contributed by atoms with Crippen LogP contribution in [0.4, 0.5) is 0 Å². The molecule has 0 radical (unpaired) electrons. The predicted octanol–water partition coefficient (Wildman–Crippen LogP) is 3.53. The zero-order valence-electron chi connectivity index (χ0n) is 9.57. The Hall–Kier alpha value is -2.06. The van der Waals surface area contributed by atoms with Gasteiger partial charge in [0.2, 0.25) is 0 Å². The quantitative estimate of drug-likeness (QED) is 0.716. The zero-order valence-corrected chi connectivity index (χ0v) is 9.57. The maximum absolute atomic E-state index is 8.94. The SMILES string of the molecule is CC(C)CC(=C(C#N)C#N)c1ccccc1. The van der Waals surface area contributed by atoms with Crippen LogP contribution >= 0.6 is 0 Å². The monoisotopic (exact) mass is 210 g/mol. The first-order valence-electron chi connectivity index (χ1n) is 5.27. The van der Waals surface area contributed by atoms with E-state index in [1.54, 1.807) is 0 Å². The molecule has 16 heavy (non-hydrogen) atoms. The first kappa shape index (κ1) is 12.0. The summed E-state index contributed by atoms with van der Waals surface area (Å²) >= 11 is 0. The summed E-state index contributed by atoms with van der Waals surface area (Å²) in [5, 5.41) is 17.9. The number of rotatable bonds is 3. The number of nitrogens with zero attached hydrogens (tertiary/aromatic N) is 2. The van der Waals surface area contributed by atoms with Crippen molar-refractivity contribution < 1.29 is 0 Å². The standard InChI is InChI=1S/C14H14N2/c1-11(2)8-14(13(9-15)10-16)12-6-4-3-5-7-12/h3-7,11H,8H2,1-2H3. The lowest BCUT2D eigenvalue weighted by molar-refractivity contribution is 0.673. The van der Waals surface area contributed by atoms with Crippen molar-refractivity contribution in [1.82, 2.24) is 0 Å². The second-order valence-electron chi connectivity index (χ2n) is 4.04. The Morgan fingerprint density at radius 1 is 1.12 bits per heavy atom. The van der Waals surface area contributed by atoms with Gasteiger partial charge in [0, 0.05) is 0 Å². The molecule has 2 heteroatoms. The van der Waals surface area contributed by atoms with E-state index < -0.39 is 0 Å². The van der Waals surface area contributed by atoms with Crippen molar-refractivity contribution >= 4 is 5.57 Å². The van der Waals surface area contributed by atoms with Crippen molar-refractivity contribution in [1.29, 1.82) is 10.5 Å². The minimum Gasteiger partial charge on any atom is -0.192 e. The van der Waals surface area contributed by atoms with Gasteiger partial charge in [-0.15, -0.1) is 0 Å². The Balaban J connectivity index is 3.24. The molecule has 0 aromatic heterocycles. The van der Waals surface area contributed by atoms with Crippen LogP contribution in [0.1, 0.15) is 25.8 Å². The number of allylic oxidation sites excluding steroid dienone is 2. The molecule has 0 aliphatic rings. The number of benzene rings is 1. The summed E-state index contributed by atoms with van der Waals surface area (Å²) in [7, 11) is 0. The molecule has 0 aliphatic heterocycles. The molecular formula is C14H14N2. The fraction of sp³-hybridized carbons (Fsp3) is 0.286. The molecule has 0 fully saturated rings. The third kappa shape index (κ3) is 2.97. The summed E-state index contributed by atoms with van der Waals surface area (Å²) in [6, 6.07) is 13.6. The summed E-state index contributed by atoms with van der Waals surface area (Å²) in [5.74, 6) is 0.423. The van der Waals surface area contributed by atoms with Gasteiger partial charge in [-0.25, -0.2) is 0 Å². The molecule has 80 valence electrons. The van der Waals surface area contributed by atoms with E-state index in [1.807, 2.05) is 42.5 Å². The third-order valence-electron chi connectivity index (χ3n) is 2.26. The van der Waals surface area contributed by atoms with Crippen molar-refractivity contribution in [2.75, 3.05) is 0 Å². The van der Waals surface area contributed by atoms with Gasteiger partial charge in [0.1, 0.15) is 17.7 Å². The van der Waals surface area contributed by atoms with E-state index in [4.69, 9.17) is 10.5 Å². The molecule has 2 nitrogen and oxygen atoms in total. The molecule has 0 aliphatic carbocycles. The molecule has 0 saturated heterocycles. The van der Waals surface area contributed by atoms with E-state index in [1.165, 1.54) is 0 Å². The summed E-state index contributed by atoms with van der Waals surface area (Å²) in [4.78, 5) is 0. The van der Waals surface area contributed by atoms with Crippen LogP contribution in [-0.2, 0) is 0 Å². The van der Waals surface area contributed by atoms with Gasteiger partial charge in [0.15, 0.2) is 0 Å². The Bertz CT molecular complexity index is 440. The van der Waals surface area contributed by atoms with Gasteiger partial charge in [-0.05, 0) is 23.5 Å². The molecule has 0 heterocycles. The van der Waals surface area contributed by atoms with Crippen molar-refractivity contribution in [3.8, 4) is 12.1 Å². The molecule has 1 aromatic carbocycles. The Morgan fingerprint density at radius 2 is 1.69 bits per heavy atom. The lowest BCUT2D eigenvalue weighted by Crippen LogP contribution is -1.95. The number of hydrogen-bond acceptors (Lipinski definition) is 2. The topological polar surface area (TPSA) is 47.6 Å². The van der Waals surface area contributed by atoms with Gasteiger partial charge < -0.3 is 0 Å². The van der Waals surface area contributed by atoms with Crippen molar-refractivity contribution in [2.45, 2.75) is 20.3 Å². The maximum atomic E-state index is 8.94. The first-order valence-corrected chi connectivity index (χ1v) is 5.27. The molecule has 0 spiro atoms. The van der Waals surface area contributed by atoms with Gasteiger partial charge in [-0.3, -0.25) is 0 Å². The van der Waals surface area contributed by atoms with Crippen LogP contribution in [0.25, 0.3) is 5.57 Å². The second-order valence-corrected chi connectivity index (χ2v) is 4.04. The van der Waals surface area contributed by atoms with Gasteiger partial charge in [-0.1, -0.05) is 44.2 Å². The molecule has 1 aromatic rings. The summed E-state index contributed by atoms with van der Waals surface area (Å²) in [6.45, 7) is 4.16. The fourth-order valence-electron chi connectivity index (χ4n) is 1.57. The average molecular weight is 210 g/mol. The first-order chi connectivity index (χ1) is 7.69. The molecule has 0 N–H and O–H groups in total. The van der Waals surface area contributed by atoms with Gasteiger partial charge in [-0.2, -0.15) is 10.5 Å². The Morgan fingerprint density at radius 3 is 2.12 bits per heavy atom. The Kier molecular flexibility index (Phi) is 4.30. The average Bonchev–Trinajstić information content (AvgIpc) is 2.30. The van der Waals surface area contributed by atoms with E-state index >= 15 is 0 Å². The van der Waals surface area contributed by atoms with Gasteiger partial charge >= 0.3 is 0 Å². The van der Waals surface area contributed by atoms with Crippen LogP contribution in [-0.4, -0.2) is 0 Å². The summed E-state index contributed by atoms with van der Waals surface area (Å²) < 4.78 is 0. The number of nitriles is 2. The van der Waals surface area contributed by atoms with Crippen LogP contribution in [0.3, 0.4) is 0 Å². The molecule has 0 saturated carbocycles. The summed E-state index contributed by atoms with van der Waals surface area (Å²) in [5.41, 5.74) is 2.04. The van der Waals surface area contributed by atoms with Crippen LogP contribution in [0.2, 0.25) is 0 Å². The van der Waals surface area contributed by atoms with Crippen LogP contribution in [0, 0.1) is 28.6 Å². The molecule has 0 atom stereocenters. The van der Waals surface area contributed by atoms with Crippen LogP contribution in [0.15, 0.2) is 35.9 Å². The van der Waals surface area contributed by atoms with Gasteiger partial charge in [0.05, 0.1) is 0 Å². The van der Waals surface area contributed by atoms with Crippen molar-refractivity contribution in [3.05, 3.63) is 41.5 Å². The van der Waals surface area contributed by atoms with E-state index in [0.29, 0.717) is 5.92 Å². The zero-order chi connectivity index (χ0) is 12.0. The van der Waals surface area contributed by atoms with Crippen LogP contribution in [0.5, 0.6) is 0 Å². The van der Waals surface area contributed by atoms with E-state index in [0.717, 1.165) is 17.6 Å². The minimum absolute atomic E-state index is 0.222. The molecule has 0 unspecified atom stereocenters. The third-order valence-corrected chi connectivity index (χ3v) is 2.26.